The summed E-state index contributed by atoms with van der Waals surface area (Å²) in [5, 5.41) is 0. The maximum absolute atomic E-state index is 12.2. The smallest absolute Gasteiger partial charge is 0.413 e. The van der Waals surface area contributed by atoms with Gasteiger partial charge in [0, 0.05) is 19.9 Å². The van der Waals surface area contributed by atoms with Gasteiger partial charge in [-0.25, -0.2) is 9.59 Å². The molecule has 7 heteroatoms. The van der Waals surface area contributed by atoms with E-state index in [-0.39, 0.29) is 13.0 Å². The molecule has 0 bridgehead atoms. The monoisotopic (exact) mass is 287 g/mol. The highest BCUT2D eigenvalue weighted by atomic mass is 16.6. The number of esters is 2. The standard InChI is InChI=1S/C13H21NO6/c1-9(15)19-13(10(16)18-5)7-6-8-14(13)11(17)20-12(2,3)4/h6-8H2,1-5H3/t13-/m0/s1. The van der Waals surface area contributed by atoms with Crippen molar-refractivity contribution in [1.29, 1.82) is 0 Å². The summed E-state index contributed by atoms with van der Waals surface area (Å²) in [6.07, 6.45) is 0.00165. The van der Waals surface area contributed by atoms with Crippen molar-refractivity contribution in [2.24, 2.45) is 0 Å². The SMILES string of the molecule is COC(=O)[C@@]1(OC(C)=O)CCCN1C(=O)OC(C)(C)C. The van der Waals surface area contributed by atoms with Crippen molar-refractivity contribution in [2.75, 3.05) is 13.7 Å². The number of amides is 1. The largest absolute Gasteiger partial charge is 0.465 e. The first-order chi connectivity index (χ1) is 9.12. The van der Waals surface area contributed by atoms with E-state index in [9.17, 15) is 14.4 Å². The third-order valence-corrected chi connectivity index (χ3v) is 2.76. The maximum Gasteiger partial charge on any atom is 0.413 e. The number of nitrogens with zero attached hydrogens (tertiary/aromatic N) is 1. The van der Waals surface area contributed by atoms with Crippen LogP contribution in [0.4, 0.5) is 4.79 Å². The zero-order valence-electron chi connectivity index (χ0n) is 12.5. The second-order valence-electron chi connectivity index (χ2n) is 5.61. The molecule has 1 saturated heterocycles. The number of hydrogen-bond donors (Lipinski definition) is 0. The van der Waals surface area contributed by atoms with Crippen LogP contribution in [0.5, 0.6) is 0 Å². The van der Waals surface area contributed by atoms with Gasteiger partial charge in [-0.2, -0.15) is 0 Å². The zero-order valence-corrected chi connectivity index (χ0v) is 12.5. The molecule has 0 saturated carbocycles. The van der Waals surface area contributed by atoms with Crippen LogP contribution in [-0.4, -0.2) is 47.9 Å². The predicted molar refractivity (Wildman–Crippen MR) is 68.7 cm³/mol. The first kappa shape index (κ1) is 16.3. The molecule has 114 valence electrons. The van der Waals surface area contributed by atoms with Crippen molar-refractivity contribution in [3.05, 3.63) is 0 Å². The van der Waals surface area contributed by atoms with Gasteiger partial charge in [0.05, 0.1) is 7.11 Å². The van der Waals surface area contributed by atoms with Gasteiger partial charge in [-0.1, -0.05) is 0 Å². The van der Waals surface area contributed by atoms with Gasteiger partial charge in [0.15, 0.2) is 0 Å². The van der Waals surface area contributed by atoms with Crippen LogP contribution in [0.1, 0.15) is 40.5 Å². The minimum absolute atomic E-state index is 0.193. The maximum atomic E-state index is 12.2. The molecular formula is C13H21NO6. The van der Waals surface area contributed by atoms with Crippen LogP contribution in [0.25, 0.3) is 0 Å². The summed E-state index contributed by atoms with van der Waals surface area (Å²) in [4.78, 5) is 36.6. The third-order valence-electron chi connectivity index (χ3n) is 2.76. The van der Waals surface area contributed by atoms with Gasteiger partial charge in [0.25, 0.3) is 5.72 Å². The molecule has 1 aliphatic rings. The van der Waals surface area contributed by atoms with Gasteiger partial charge < -0.3 is 14.2 Å². The van der Waals surface area contributed by atoms with Crippen molar-refractivity contribution >= 4 is 18.0 Å². The molecule has 0 N–H and O–H groups in total. The lowest BCUT2D eigenvalue weighted by Gasteiger charge is -2.35. The minimum Gasteiger partial charge on any atom is -0.465 e. The summed E-state index contributed by atoms with van der Waals surface area (Å²) in [7, 11) is 1.18. The van der Waals surface area contributed by atoms with Crippen molar-refractivity contribution in [2.45, 2.75) is 51.9 Å². The van der Waals surface area contributed by atoms with Gasteiger partial charge >= 0.3 is 18.0 Å². The first-order valence-corrected chi connectivity index (χ1v) is 6.41. The number of carbonyl (C=O) groups is 3. The zero-order chi connectivity index (χ0) is 15.6. The molecule has 1 rings (SSSR count). The molecule has 1 atom stereocenters. The van der Waals surface area contributed by atoms with Gasteiger partial charge in [-0.3, -0.25) is 9.69 Å². The number of likely N-dealkylation sites (tertiary alicyclic amines) is 1. The lowest BCUT2D eigenvalue weighted by atomic mass is 10.1. The Hall–Kier alpha value is -1.79. The molecule has 20 heavy (non-hydrogen) atoms. The highest BCUT2D eigenvalue weighted by Gasteiger charge is 2.55. The average Bonchev–Trinajstić information content (AvgIpc) is 2.69. The van der Waals surface area contributed by atoms with E-state index in [1.807, 2.05) is 0 Å². The average molecular weight is 287 g/mol. The fraction of sp³-hybridized carbons (Fsp3) is 0.769. The fourth-order valence-electron chi connectivity index (χ4n) is 2.11. The molecule has 0 radical (unpaired) electrons. The number of hydrogen-bond acceptors (Lipinski definition) is 6. The highest BCUT2D eigenvalue weighted by molar-refractivity contribution is 5.87. The molecular weight excluding hydrogens is 266 g/mol. The Morgan fingerprint density at radius 1 is 1.20 bits per heavy atom. The summed E-state index contributed by atoms with van der Waals surface area (Å²) in [6.45, 7) is 6.58. The Morgan fingerprint density at radius 3 is 2.25 bits per heavy atom. The van der Waals surface area contributed by atoms with E-state index in [0.29, 0.717) is 6.42 Å². The van der Waals surface area contributed by atoms with Crippen LogP contribution in [-0.2, 0) is 23.8 Å². The summed E-state index contributed by atoms with van der Waals surface area (Å²) in [5.41, 5.74) is -2.43. The van der Waals surface area contributed by atoms with Crippen LogP contribution < -0.4 is 0 Å². The van der Waals surface area contributed by atoms with Gasteiger partial charge in [-0.05, 0) is 27.2 Å². The Labute approximate surface area is 118 Å². The van der Waals surface area contributed by atoms with Crippen molar-refractivity contribution in [3.63, 3.8) is 0 Å². The van der Waals surface area contributed by atoms with Crippen molar-refractivity contribution in [3.8, 4) is 0 Å². The predicted octanol–water partition coefficient (Wildman–Crippen LogP) is 1.45. The summed E-state index contributed by atoms with van der Waals surface area (Å²) >= 11 is 0. The summed E-state index contributed by atoms with van der Waals surface area (Å²) in [6, 6.07) is 0. The summed E-state index contributed by atoms with van der Waals surface area (Å²) in [5.74, 6) is -1.44. The van der Waals surface area contributed by atoms with E-state index in [1.165, 1.54) is 14.0 Å². The Kier molecular flexibility index (Phi) is 4.62. The molecule has 0 unspecified atom stereocenters. The van der Waals surface area contributed by atoms with Gasteiger partial charge in [0.1, 0.15) is 5.60 Å². The second kappa shape index (κ2) is 5.68. The number of ether oxygens (including phenoxy) is 3. The minimum atomic E-state index is -1.72. The van der Waals surface area contributed by atoms with E-state index in [1.54, 1.807) is 20.8 Å². The van der Waals surface area contributed by atoms with Crippen LogP contribution in [0.15, 0.2) is 0 Å². The lowest BCUT2D eigenvalue weighted by molar-refractivity contribution is -0.196. The van der Waals surface area contributed by atoms with Crippen LogP contribution in [0.2, 0.25) is 0 Å². The number of methoxy groups -OCH3 is 1. The quantitative estimate of drug-likeness (QED) is 0.564. The van der Waals surface area contributed by atoms with E-state index >= 15 is 0 Å². The molecule has 1 aliphatic heterocycles. The number of carbonyl (C=O) groups excluding carboxylic acids is 3. The van der Waals surface area contributed by atoms with E-state index in [0.717, 1.165) is 4.90 Å². The molecule has 1 heterocycles. The van der Waals surface area contributed by atoms with Crippen molar-refractivity contribution < 1.29 is 28.6 Å². The van der Waals surface area contributed by atoms with Crippen LogP contribution in [0, 0.1) is 0 Å². The molecule has 0 aromatic heterocycles. The van der Waals surface area contributed by atoms with Crippen LogP contribution in [0.3, 0.4) is 0 Å². The van der Waals surface area contributed by atoms with Crippen LogP contribution >= 0.6 is 0 Å². The Balaban J connectivity index is 3.05. The molecule has 7 nitrogen and oxygen atoms in total. The molecule has 1 amide bonds. The van der Waals surface area contributed by atoms with E-state index in [2.05, 4.69) is 4.74 Å². The second-order valence-corrected chi connectivity index (χ2v) is 5.61. The normalized spacial score (nSPS) is 22.4. The third kappa shape index (κ3) is 3.40. The molecule has 0 aliphatic carbocycles. The Morgan fingerprint density at radius 2 is 1.80 bits per heavy atom. The molecule has 0 spiro atoms. The fourth-order valence-corrected chi connectivity index (χ4v) is 2.11. The number of rotatable bonds is 2. The van der Waals surface area contributed by atoms with Gasteiger partial charge in [0.2, 0.25) is 0 Å². The molecule has 0 aromatic carbocycles. The van der Waals surface area contributed by atoms with Gasteiger partial charge in [-0.15, -0.1) is 0 Å². The summed E-state index contributed by atoms with van der Waals surface area (Å²) < 4.78 is 15.0. The van der Waals surface area contributed by atoms with E-state index < -0.39 is 29.4 Å². The molecule has 0 aromatic rings. The highest BCUT2D eigenvalue weighted by Crippen LogP contribution is 2.33. The first-order valence-electron chi connectivity index (χ1n) is 6.41. The Bertz CT molecular complexity index is 414. The van der Waals surface area contributed by atoms with Crippen molar-refractivity contribution in [1.82, 2.24) is 4.90 Å². The lowest BCUT2D eigenvalue weighted by Crippen LogP contribution is -2.57. The topological polar surface area (TPSA) is 82.1 Å². The molecule has 1 fully saturated rings. The van der Waals surface area contributed by atoms with E-state index in [4.69, 9.17) is 9.47 Å².